The molecular formula is C13H9BrCl2FNO. The summed E-state index contributed by atoms with van der Waals surface area (Å²) in [5, 5.41) is 10.8. The van der Waals surface area contributed by atoms with Gasteiger partial charge in [0, 0.05) is 12.6 Å². The topological polar surface area (TPSA) is 33.1 Å². The number of nitrogens with zero attached hydrogens (tertiary/aromatic N) is 1. The number of hydrogen-bond donors (Lipinski definition) is 1. The molecule has 0 fully saturated rings. The predicted octanol–water partition coefficient (Wildman–Crippen LogP) is 4.57. The highest BCUT2D eigenvalue weighted by molar-refractivity contribution is 9.10. The van der Waals surface area contributed by atoms with E-state index in [0.29, 0.717) is 20.2 Å². The summed E-state index contributed by atoms with van der Waals surface area (Å²) in [7, 11) is 0. The average Bonchev–Trinajstić information content (AvgIpc) is 2.33. The Labute approximate surface area is 128 Å². The SMILES string of the molecule is OC(Cc1ccc(F)c(Br)c1)c1ncc(Cl)cc1Cl. The smallest absolute Gasteiger partial charge is 0.137 e. The van der Waals surface area contributed by atoms with Crippen LogP contribution in [-0.4, -0.2) is 10.1 Å². The molecule has 2 rings (SSSR count). The Morgan fingerprint density at radius 1 is 1.32 bits per heavy atom. The molecule has 1 aromatic heterocycles. The van der Waals surface area contributed by atoms with Gasteiger partial charge in [-0.15, -0.1) is 0 Å². The summed E-state index contributed by atoms with van der Waals surface area (Å²) in [4.78, 5) is 4.01. The van der Waals surface area contributed by atoms with Crippen LogP contribution >= 0.6 is 39.1 Å². The highest BCUT2D eigenvalue weighted by Crippen LogP contribution is 2.27. The van der Waals surface area contributed by atoms with E-state index in [2.05, 4.69) is 20.9 Å². The Morgan fingerprint density at radius 2 is 2.05 bits per heavy atom. The average molecular weight is 365 g/mol. The maximum atomic E-state index is 13.1. The Morgan fingerprint density at radius 3 is 2.68 bits per heavy atom. The molecule has 1 atom stereocenters. The van der Waals surface area contributed by atoms with Crippen LogP contribution in [0.15, 0.2) is 34.9 Å². The van der Waals surface area contributed by atoms with E-state index < -0.39 is 6.10 Å². The molecule has 0 saturated carbocycles. The van der Waals surface area contributed by atoms with E-state index in [-0.39, 0.29) is 12.2 Å². The van der Waals surface area contributed by atoms with E-state index in [9.17, 15) is 9.50 Å². The molecule has 0 aliphatic carbocycles. The molecule has 0 bridgehead atoms. The summed E-state index contributed by atoms with van der Waals surface area (Å²) in [6.45, 7) is 0. The summed E-state index contributed by atoms with van der Waals surface area (Å²) in [5.41, 5.74) is 1.13. The fourth-order valence-corrected chi connectivity index (χ4v) is 2.59. The molecule has 2 aromatic rings. The lowest BCUT2D eigenvalue weighted by atomic mass is 10.1. The fraction of sp³-hybridized carbons (Fsp3) is 0.154. The molecule has 0 amide bonds. The van der Waals surface area contributed by atoms with Gasteiger partial charge >= 0.3 is 0 Å². The summed E-state index contributed by atoms with van der Waals surface area (Å²) in [5.74, 6) is -0.346. The number of hydrogen-bond acceptors (Lipinski definition) is 2. The minimum atomic E-state index is -0.873. The van der Waals surface area contributed by atoms with Gasteiger partial charge in [-0.1, -0.05) is 29.3 Å². The highest BCUT2D eigenvalue weighted by Gasteiger charge is 2.15. The van der Waals surface area contributed by atoms with E-state index >= 15 is 0 Å². The second-order valence-corrected chi connectivity index (χ2v) is 5.69. The summed E-state index contributed by atoms with van der Waals surface area (Å²) >= 11 is 14.8. The highest BCUT2D eigenvalue weighted by atomic mass is 79.9. The summed E-state index contributed by atoms with van der Waals surface area (Å²) in [6.07, 6.45) is 0.835. The van der Waals surface area contributed by atoms with Crippen molar-refractivity contribution in [2.45, 2.75) is 12.5 Å². The lowest BCUT2D eigenvalue weighted by Gasteiger charge is -2.12. The van der Waals surface area contributed by atoms with Gasteiger partial charge in [0.1, 0.15) is 11.9 Å². The van der Waals surface area contributed by atoms with Crippen molar-refractivity contribution in [3.8, 4) is 0 Å². The maximum Gasteiger partial charge on any atom is 0.137 e. The van der Waals surface area contributed by atoms with Gasteiger partial charge in [-0.2, -0.15) is 0 Å². The molecular weight excluding hydrogens is 356 g/mol. The first kappa shape index (κ1) is 14.7. The van der Waals surface area contributed by atoms with E-state index in [1.807, 2.05) is 0 Å². The molecule has 6 heteroatoms. The van der Waals surface area contributed by atoms with Crippen LogP contribution in [0.3, 0.4) is 0 Å². The summed E-state index contributed by atoms with van der Waals surface area (Å²) in [6, 6.07) is 6.08. The van der Waals surface area contributed by atoms with Crippen LogP contribution in [0.2, 0.25) is 10.0 Å². The number of rotatable bonds is 3. The second-order valence-electron chi connectivity index (χ2n) is 3.99. The van der Waals surface area contributed by atoms with Crippen molar-refractivity contribution < 1.29 is 9.50 Å². The van der Waals surface area contributed by atoms with Crippen LogP contribution in [0.4, 0.5) is 4.39 Å². The Balaban J connectivity index is 2.20. The molecule has 0 aliphatic rings. The van der Waals surface area contributed by atoms with Gasteiger partial charge in [-0.3, -0.25) is 4.98 Å². The Kier molecular flexibility index (Phi) is 4.79. The van der Waals surface area contributed by atoms with Crippen molar-refractivity contribution in [2.75, 3.05) is 0 Å². The van der Waals surface area contributed by atoms with Crippen molar-refractivity contribution in [3.05, 3.63) is 62.1 Å². The van der Waals surface area contributed by atoms with Crippen molar-refractivity contribution in [2.24, 2.45) is 0 Å². The largest absolute Gasteiger partial charge is 0.386 e. The first-order valence-corrected chi connectivity index (χ1v) is 6.95. The third-order valence-corrected chi connectivity index (χ3v) is 3.68. The number of pyridine rings is 1. The van der Waals surface area contributed by atoms with Gasteiger partial charge in [-0.05, 0) is 39.7 Å². The molecule has 1 heterocycles. The number of benzene rings is 1. The molecule has 19 heavy (non-hydrogen) atoms. The third-order valence-electron chi connectivity index (χ3n) is 2.56. The number of aliphatic hydroxyl groups excluding tert-OH is 1. The maximum absolute atomic E-state index is 13.1. The van der Waals surface area contributed by atoms with E-state index in [4.69, 9.17) is 23.2 Å². The zero-order valence-corrected chi connectivity index (χ0v) is 12.7. The zero-order valence-electron chi connectivity index (χ0n) is 9.58. The second kappa shape index (κ2) is 6.18. The number of halogens is 4. The predicted molar refractivity (Wildman–Crippen MR) is 77.0 cm³/mol. The van der Waals surface area contributed by atoms with E-state index in [0.717, 1.165) is 5.56 Å². The standard InChI is InChI=1S/C13H9BrCl2FNO/c14-9-3-7(1-2-11(9)17)4-12(19)13-10(16)5-8(15)6-18-13/h1-3,5-6,12,19H,4H2. The molecule has 0 saturated heterocycles. The lowest BCUT2D eigenvalue weighted by Crippen LogP contribution is -2.05. The molecule has 0 radical (unpaired) electrons. The minimum absolute atomic E-state index is 0.285. The lowest BCUT2D eigenvalue weighted by molar-refractivity contribution is 0.173. The van der Waals surface area contributed by atoms with E-state index in [1.54, 1.807) is 12.1 Å². The molecule has 0 aliphatic heterocycles. The molecule has 0 spiro atoms. The normalized spacial score (nSPS) is 12.5. The van der Waals surface area contributed by atoms with Crippen molar-refractivity contribution >= 4 is 39.1 Å². The van der Waals surface area contributed by atoms with Gasteiger partial charge < -0.3 is 5.11 Å². The first-order valence-electron chi connectivity index (χ1n) is 5.40. The monoisotopic (exact) mass is 363 g/mol. The Hall–Kier alpha value is -0.680. The fourth-order valence-electron chi connectivity index (χ4n) is 1.66. The van der Waals surface area contributed by atoms with Crippen LogP contribution in [0.5, 0.6) is 0 Å². The van der Waals surface area contributed by atoms with Crippen LogP contribution in [-0.2, 0) is 6.42 Å². The molecule has 100 valence electrons. The van der Waals surface area contributed by atoms with Crippen LogP contribution < -0.4 is 0 Å². The minimum Gasteiger partial charge on any atom is -0.386 e. The van der Waals surface area contributed by atoms with Crippen LogP contribution in [0.25, 0.3) is 0 Å². The van der Waals surface area contributed by atoms with Crippen molar-refractivity contribution in [3.63, 3.8) is 0 Å². The van der Waals surface area contributed by atoms with Gasteiger partial charge in [0.25, 0.3) is 0 Å². The van der Waals surface area contributed by atoms with Crippen LogP contribution in [0.1, 0.15) is 17.4 Å². The number of aromatic nitrogens is 1. The first-order chi connectivity index (χ1) is 8.97. The van der Waals surface area contributed by atoms with Crippen molar-refractivity contribution in [1.29, 1.82) is 0 Å². The van der Waals surface area contributed by atoms with Gasteiger partial charge in [0.2, 0.25) is 0 Å². The molecule has 1 aromatic carbocycles. The van der Waals surface area contributed by atoms with Gasteiger partial charge in [-0.25, -0.2) is 4.39 Å². The van der Waals surface area contributed by atoms with Gasteiger partial charge in [0.15, 0.2) is 0 Å². The van der Waals surface area contributed by atoms with E-state index in [1.165, 1.54) is 18.3 Å². The Bertz CT molecular complexity index is 609. The molecule has 1 N–H and O–H groups in total. The van der Waals surface area contributed by atoms with Crippen LogP contribution in [0, 0.1) is 5.82 Å². The number of aliphatic hydroxyl groups is 1. The summed E-state index contributed by atoms with van der Waals surface area (Å²) < 4.78 is 13.5. The molecule has 2 nitrogen and oxygen atoms in total. The quantitative estimate of drug-likeness (QED) is 0.865. The third kappa shape index (κ3) is 3.66. The van der Waals surface area contributed by atoms with Crippen molar-refractivity contribution in [1.82, 2.24) is 4.98 Å². The molecule has 1 unspecified atom stereocenters. The van der Waals surface area contributed by atoms with Gasteiger partial charge in [0.05, 0.1) is 20.2 Å². The zero-order chi connectivity index (χ0) is 14.0.